The third-order valence-corrected chi connectivity index (χ3v) is 6.00. The van der Waals surface area contributed by atoms with Crippen molar-refractivity contribution in [2.24, 2.45) is 0 Å². The average molecular weight is 451 g/mol. The molecule has 30 heavy (non-hydrogen) atoms. The van der Waals surface area contributed by atoms with Crippen LogP contribution >= 0.6 is 22.9 Å². The molecule has 0 atom stereocenters. The van der Waals surface area contributed by atoms with Gasteiger partial charge in [-0.2, -0.15) is 0 Å². The fourth-order valence-corrected chi connectivity index (χ4v) is 4.59. The van der Waals surface area contributed by atoms with Crippen molar-refractivity contribution in [3.8, 4) is 0 Å². The monoisotopic (exact) mass is 450 g/mol. The number of nitrogens with one attached hydrogen (secondary N) is 2. The van der Waals surface area contributed by atoms with E-state index in [2.05, 4.69) is 10.6 Å². The van der Waals surface area contributed by atoms with Crippen LogP contribution in [0, 0.1) is 0 Å². The first-order valence-electron chi connectivity index (χ1n) is 9.72. The summed E-state index contributed by atoms with van der Waals surface area (Å²) in [7, 11) is 0. The SMILES string of the molecule is CCOCC(=O)OCC(=O)Nc1sc2c(c1C(=O)Nc1ccc(Cl)cc1)CCCC2. The third-order valence-electron chi connectivity index (χ3n) is 4.54. The number of ether oxygens (including phenoxy) is 2. The quantitative estimate of drug-likeness (QED) is 0.592. The fraction of sp³-hybridized carbons (Fsp3) is 0.381. The molecule has 0 aliphatic heterocycles. The maximum Gasteiger partial charge on any atom is 0.332 e. The Hall–Kier alpha value is -2.42. The molecule has 1 heterocycles. The number of anilines is 2. The Balaban J connectivity index is 1.73. The third kappa shape index (κ3) is 5.81. The molecule has 0 spiro atoms. The van der Waals surface area contributed by atoms with Crippen LogP contribution in [0.15, 0.2) is 24.3 Å². The molecular weight excluding hydrogens is 428 g/mol. The first-order valence-corrected chi connectivity index (χ1v) is 10.9. The minimum absolute atomic E-state index is 0.203. The minimum atomic E-state index is -0.613. The highest BCUT2D eigenvalue weighted by molar-refractivity contribution is 7.17. The smallest absolute Gasteiger partial charge is 0.332 e. The molecule has 1 aromatic heterocycles. The van der Waals surface area contributed by atoms with Gasteiger partial charge in [0.15, 0.2) is 6.61 Å². The van der Waals surface area contributed by atoms with Gasteiger partial charge < -0.3 is 20.1 Å². The van der Waals surface area contributed by atoms with Crippen molar-refractivity contribution in [3.63, 3.8) is 0 Å². The van der Waals surface area contributed by atoms with Crippen LogP contribution < -0.4 is 10.6 Å². The lowest BCUT2D eigenvalue weighted by atomic mass is 9.95. The zero-order valence-corrected chi connectivity index (χ0v) is 18.2. The van der Waals surface area contributed by atoms with E-state index in [9.17, 15) is 14.4 Å². The van der Waals surface area contributed by atoms with Gasteiger partial charge in [-0.05, 0) is 62.4 Å². The molecule has 3 rings (SSSR count). The molecule has 1 aliphatic rings. The summed E-state index contributed by atoms with van der Waals surface area (Å²) in [5.41, 5.74) is 2.06. The number of carbonyl (C=O) groups excluding carboxylic acids is 3. The van der Waals surface area contributed by atoms with Crippen molar-refractivity contribution in [1.29, 1.82) is 0 Å². The number of aryl methyl sites for hydroxylation is 1. The summed E-state index contributed by atoms with van der Waals surface area (Å²) in [5, 5.41) is 6.65. The van der Waals surface area contributed by atoms with E-state index in [1.54, 1.807) is 31.2 Å². The van der Waals surface area contributed by atoms with Crippen LogP contribution in [0.1, 0.15) is 40.6 Å². The molecule has 2 amide bonds. The Kier molecular flexibility index (Phi) is 7.84. The Morgan fingerprint density at radius 2 is 1.80 bits per heavy atom. The molecule has 160 valence electrons. The van der Waals surface area contributed by atoms with E-state index in [0.29, 0.717) is 27.9 Å². The molecule has 0 bridgehead atoms. The van der Waals surface area contributed by atoms with Crippen LogP contribution in [-0.2, 0) is 31.9 Å². The highest BCUT2D eigenvalue weighted by Gasteiger charge is 2.26. The van der Waals surface area contributed by atoms with Gasteiger partial charge in [0.2, 0.25) is 0 Å². The second-order valence-corrected chi connectivity index (χ2v) is 8.26. The largest absolute Gasteiger partial charge is 0.454 e. The van der Waals surface area contributed by atoms with Crippen LogP contribution in [0.25, 0.3) is 0 Å². The van der Waals surface area contributed by atoms with Gasteiger partial charge in [0.05, 0.1) is 5.56 Å². The number of rotatable bonds is 8. The van der Waals surface area contributed by atoms with Gasteiger partial charge in [-0.1, -0.05) is 11.6 Å². The van der Waals surface area contributed by atoms with Crippen LogP contribution in [0.5, 0.6) is 0 Å². The number of fused-ring (bicyclic) bond motifs is 1. The molecule has 0 saturated heterocycles. The van der Waals surface area contributed by atoms with Gasteiger partial charge in [0.1, 0.15) is 11.6 Å². The molecule has 0 unspecified atom stereocenters. The molecule has 1 aliphatic carbocycles. The standard InChI is InChI=1S/C21H23ClN2O5S/c1-2-28-12-18(26)29-11-17(25)24-21-19(15-5-3-4-6-16(15)30-21)20(27)23-14-9-7-13(22)8-10-14/h7-10H,2-6,11-12H2,1H3,(H,23,27)(H,24,25). The fourth-order valence-electron chi connectivity index (χ4n) is 3.16. The van der Waals surface area contributed by atoms with Crippen LogP contribution in [0.2, 0.25) is 5.02 Å². The number of hydrogen-bond donors (Lipinski definition) is 2. The number of amides is 2. The van der Waals surface area contributed by atoms with Gasteiger partial charge in [-0.25, -0.2) is 4.79 Å². The number of hydrogen-bond acceptors (Lipinski definition) is 6. The Labute approximate surface area is 183 Å². The lowest BCUT2D eigenvalue weighted by molar-refractivity contribution is -0.151. The topological polar surface area (TPSA) is 93.7 Å². The Bertz CT molecular complexity index is 926. The first-order chi connectivity index (χ1) is 14.5. The first kappa shape index (κ1) is 22.3. The second kappa shape index (κ2) is 10.6. The summed E-state index contributed by atoms with van der Waals surface area (Å²) in [6.07, 6.45) is 3.70. The molecule has 0 fully saturated rings. The Morgan fingerprint density at radius 1 is 1.07 bits per heavy atom. The maximum atomic E-state index is 13.0. The van der Waals surface area contributed by atoms with Crippen molar-refractivity contribution in [1.82, 2.24) is 0 Å². The van der Waals surface area contributed by atoms with E-state index >= 15 is 0 Å². The molecule has 7 nitrogen and oxygen atoms in total. The summed E-state index contributed by atoms with van der Waals surface area (Å²) in [6.45, 7) is 1.50. The molecule has 9 heteroatoms. The molecule has 0 radical (unpaired) electrons. The van der Waals surface area contributed by atoms with E-state index in [0.717, 1.165) is 36.1 Å². The Morgan fingerprint density at radius 3 is 2.53 bits per heavy atom. The van der Waals surface area contributed by atoms with Crippen molar-refractivity contribution < 1.29 is 23.9 Å². The van der Waals surface area contributed by atoms with Crippen LogP contribution in [0.3, 0.4) is 0 Å². The predicted octanol–water partition coefficient (Wildman–Crippen LogP) is 4.05. The van der Waals surface area contributed by atoms with Crippen molar-refractivity contribution in [2.75, 3.05) is 30.5 Å². The van der Waals surface area contributed by atoms with E-state index in [1.807, 2.05) is 0 Å². The summed E-state index contributed by atoms with van der Waals surface area (Å²) in [4.78, 5) is 38.0. The van der Waals surface area contributed by atoms with Crippen LogP contribution in [0.4, 0.5) is 10.7 Å². The maximum absolute atomic E-state index is 13.0. The number of benzene rings is 1. The van der Waals surface area contributed by atoms with Crippen molar-refractivity contribution >= 4 is 51.4 Å². The molecule has 0 saturated carbocycles. The minimum Gasteiger partial charge on any atom is -0.454 e. The van der Waals surface area contributed by atoms with E-state index in [4.69, 9.17) is 21.1 Å². The van der Waals surface area contributed by atoms with Gasteiger partial charge >= 0.3 is 5.97 Å². The highest BCUT2D eigenvalue weighted by atomic mass is 35.5. The highest BCUT2D eigenvalue weighted by Crippen LogP contribution is 2.38. The molecule has 2 N–H and O–H groups in total. The van der Waals surface area contributed by atoms with Gasteiger partial charge in [-0.3, -0.25) is 9.59 Å². The number of thiophene rings is 1. The second-order valence-electron chi connectivity index (χ2n) is 6.72. The van der Waals surface area contributed by atoms with E-state index in [1.165, 1.54) is 11.3 Å². The van der Waals surface area contributed by atoms with Gasteiger partial charge in [-0.15, -0.1) is 11.3 Å². The van der Waals surface area contributed by atoms with E-state index < -0.39 is 18.5 Å². The van der Waals surface area contributed by atoms with Gasteiger partial charge in [0.25, 0.3) is 11.8 Å². The number of carbonyl (C=O) groups is 3. The molecule has 1 aromatic carbocycles. The summed E-state index contributed by atoms with van der Waals surface area (Å²) in [6, 6.07) is 6.82. The van der Waals surface area contributed by atoms with Crippen molar-refractivity contribution in [2.45, 2.75) is 32.6 Å². The van der Waals surface area contributed by atoms with Crippen molar-refractivity contribution in [3.05, 3.63) is 45.3 Å². The predicted molar refractivity (Wildman–Crippen MR) is 116 cm³/mol. The van der Waals surface area contributed by atoms with Gasteiger partial charge in [0, 0.05) is 22.2 Å². The molecular formula is C21H23ClN2O5S. The molecule has 2 aromatic rings. The number of esters is 1. The number of halogens is 1. The summed E-state index contributed by atoms with van der Waals surface area (Å²) in [5.74, 6) is -1.41. The zero-order chi connectivity index (χ0) is 21.5. The summed E-state index contributed by atoms with van der Waals surface area (Å²) >= 11 is 7.30. The normalized spacial score (nSPS) is 12.7. The van der Waals surface area contributed by atoms with E-state index in [-0.39, 0.29) is 12.5 Å². The lowest BCUT2D eigenvalue weighted by Gasteiger charge is -2.13. The average Bonchev–Trinajstić information content (AvgIpc) is 3.10. The lowest BCUT2D eigenvalue weighted by Crippen LogP contribution is -2.24. The van der Waals surface area contributed by atoms with Crippen LogP contribution in [-0.4, -0.2) is 37.6 Å². The summed E-state index contributed by atoms with van der Waals surface area (Å²) < 4.78 is 9.85. The zero-order valence-electron chi connectivity index (χ0n) is 16.6.